The van der Waals surface area contributed by atoms with Gasteiger partial charge in [-0.2, -0.15) is 0 Å². The van der Waals surface area contributed by atoms with Gasteiger partial charge in [-0.05, 0) is 30.3 Å². The average molecular weight is 232 g/mol. The lowest BCUT2D eigenvalue weighted by Crippen LogP contribution is -2.13. The molecule has 0 unspecified atom stereocenters. The fourth-order valence-electron chi connectivity index (χ4n) is 1.30. The van der Waals surface area contributed by atoms with E-state index < -0.39 is 11.7 Å². The third kappa shape index (κ3) is 2.57. The third-order valence-electron chi connectivity index (χ3n) is 2.14. The summed E-state index contributed by atoms with van der Waals surface area (Å²) in [5.41, 5.74) is 0.400. The molecule has 2 rings (SSSR count). The van der Waals surface area contributed by atoms with Crippen LogP contribution in [0.1, 0.15) is 10.4 Å². The monoisotopic (exact) mass is 232 g/mol. The summed E-state index contributed by atoms with van der Waals surface area (Å²) in [5, 5.41) is 11.6. The topological polar surface area (TPSA) is 62.2 Å². The van der Waals surface area contributed by atoms with E-state index in [2.05, 4.69) is 10.3 Å². The van der Waals surface area contributed by atoms with Gasteiger partial charge in [-0.3, -0.25) is 9.78 Å². The van der Waals surface area contributed by atoms with E-state index in [0.29, 0.717) is 5.69 Å². The van der Waals surface area contributed by atoms with Gasteiger partial charge in [0, 0.05) is 11.9 Å². The van der Waals surface area contributed by atoms with Crippen LogP contribution in [0.2, 0.25) is 0 Å². The Balaban J connectivity index is 2.17. The molecule has 86 valence electrons. The lowest BCUT2D eigenvalue weighted by atomic mass is 10.2. The Kier molecular flexibility index (Phi) is 3.00. The van der Waals surface area contributed by atoms with Crippen LogP contribution in [0.25, 0.3) is 0 Å². The zero-order valence-corrected chi connectivity index (χ0v) is 8.72. The number of rotatable bonds is 2. The van der Waals surface area contributed by atoms with E-state index in [0.717, 1.165) is 6.20 Å². The van der Waals surface area contributed by atoms with Crippen LogP contribution in [0.15, 0.2) is 42.7 Å². The molecular weight excluding hydrogens is 223 g/mol. The van der Waals surface area contributed by atoms with Crippen LogP contribution < -0.4 is 5.32 Å². The van der Waals surface area contributed by atoms with Crippen molar-refractivity contribution in [2.75, 3.05) is 5.32 Å². The van der Waals surface area contributed by atoms with Gasteiger partial charge in [-0.15, -0.1) is 0 Å². The largest absolute Gasteiger partial charge is 0.508 e. The lowest BCUT2D eigenvalue weighted by Gasteiger charge is -2.05. The Bertz CT molecular complexity index is 540. The summed E-state index contributed by atoms with van der Waals surface area (Å²) in [7, 11) is 0. The molecule has 0 saturated heterocycles. The maximum atomic E-state index is 13.2. The maximum absolute atomic E-state index is 13.2. The molecule has 17 heavy (non-hydrogen) atoms. The molecule has 2 N–H and O–H groups in total. The van der Waals surface area contributed by atoms with E-state index >= 15 is 0 Å². The summed E-state index contributed by atoms with van der Waals surface area (Å²) >= 11 is 0. The van der Waals surface area contributed by atoms with Crippen LogP contribution >= 0.6 is 0 Å². The molecule has 0 aliphatic carbocycles. The molecule has 0 spiro atoms. The van der Waals surface area contributed by atoms with Crippen molar-refractivity contribution < 1.29 is 14.3 Å². The first-order valence-corrected chi connectivity index (χ1v) is 4.87. The van der Waals surface area contributed by atoms with Crippen molar-refractivity contribution in [1.29, 1.82) is 0 Å². The van der Waals surface area contributed by atoms with Crippen LogP contribution in [-0.2, 0) is 0 Å². The molecule has 0 saturated carbocycles. The maximum Gasteiger partial charge on any atom is 0.258 e. The van der Waals surface area contributed by atoms with Gasteiger partial charge in [0.05, 0.1) is 11.8 Å². The highest BCUT2D eigenvalue weighted by molar-refractivity contribution is 6.04. The number of carbonyl (C=O) groups is 1. The van der Waals surface area contributed by atoms with E-state index in [-0.39, 0.29) is 11.3 Å². The third-order valence-corrected chi connectivity index (χ3v) is 2.14. The van der Waals surface area contributed by atoms with Gasteiger partial charge in [-0.1, -0.05) is 0 Å². The fraction of sp³-hybridized carbons (Fsp3) is 0. The number of carbonyl (C=O) groups excluding carboxylic acids is 1. The normalized spacial score (nSPS) is 9.94. The highest BCUT2D eigenvalue weighted by Crippen LogP contribution is 2.15. The zero-order valence-electron chi connectivity index (χ0n) is 8.72. The van der Waals surface area contributed by atoms with Crippen LogP contribution in [0.5, 0.6) is 5.75 Å². The number of hydrogen-bond acceptors (Lipinski definition) is 3. The molecule has 0 fully saturated rings. The first-order valence-electron chi connectivity index (χ1n) is 4.87. The fourth-order valence-corrected chi connectivity index (χ4v) is 1.30. The molecule has 1 aromatic carbocycles. The smallest absolute Gasteiger partial charge is 0.258 e. The van der Waals surface area contributed by atoms with Crippen molar-refractivity contribution in [2.45, 2.75) is 0 Å². The number of amides is 1. The number of nitrogens with zero attached hydrogens (tertiary/aromatic N) is 1. The number of aromatic nitrogens is 1. The van der Waals surface area contributed by atoms with E-state index in [1.54, 1.807) is 0 Å². The van der Waals surface area contributed by atoms with E-state index in [1.807, 2.05) is 0 Å². The molecule has 0 aliphatic rings. The quantitative estimate of drug-likeness (QED) is 0.780. The van der Waals surface area contributed by atoms with Gasteiger partial charge in [0.2, 0.25) is 0 Å². The Morgan fingerprint density at radius 2 is 1.94 bits per heavy atom. The number of aromatic hydroxyl groups is 1. The van der Waals surface area contributed by atoms with Crippen molar-refractivity contribution in [3.63, 3.8) is 0 Å². The van der Waals surface area contributed by atoms with E-state index in [1.165, 1.54) is 36.5 Å². The highest BCUT2D eigenvalue weighted by Gasteiger charge is 2.11. The van der Waals surface area contributed by atoms with E-state index in [9.17, 15) is 9.18 Å². The van der Waals surface area contributed by atoms with E-state index in [4.69, 9.17) is 5.11 Å². The van der Waals surface area contributed by atoms with Crippen molar-refractivity contribution >= 4 is 11.6 Å². The predicted octanol–water partition coefficient (Wildman–Crippen LogP) is 2.18. The average Bonchev–Trinajstić information content (AvgIpc) is 2.32. The number of nitrogens with one attached hydrogen (secondary N) is 1. The number of anilines is 1. The minimum atomic E-state index is -0.677. The van der Waals surface area contributed by atoms with Gasteiger partial charge in [0.15, 0.2) is 5.82 Å². The van der Waals surface area contributed by atoms with Gasteiger partial charge >= 0.3 is 0 Å². The SMILES string of the molecule is O=C(Nc1ccc(O)cc1)c1ccncc1F. The molecule has 0 radical (unpaired) electrons. The van der Waals surface area contributed by atoms with Gasteiger partial charge in [0.25, 0.3) is 5.91 Å². The predicted molar refractivity (Wildman–Crippen MR) is 60.3 cm³/mol. The number of benzene rings is 1. The Morgan fingerprint density at radius 3 is 2.59 bits per heavy atom. The van der Waals surface area contributed by atoms with Gasteiger partial charge in [-0.25, -0.2) is 4.39 Å². The summed E-state index contributed by atoms with van der Waals surface area (Å²) < 4.78 is 13.2. The van der Waals surface area contributed by atoms with Crippen molar-refractivity contribution in [2.24, 2.45) is 0 Å². The van der Waals surface area contributed by atoms with Crippen molar-refractivity contribution in [3.05, 3.63) is 54.1 Å². The highest BCUT2D eigenvalue weighted by atomic mass is 19.1. The second-order valence-corrected chi connectivity index (χ2v) is 3.36. The summed E-state index contributed by atoms with van der Waals surface area (Å²) in [5.74, 6) is -1.14. The minimum Gasteiger partial charge on any atom is -0.508 e. The zero-order chi connectivity index (χ0) is 12.3. The second kappa shape index (κ2) is 4.61. The number of hydrogen-bond donors (Lipinski definition) is 2. The molecule has 1 aromatic heterocycles. The van der Waals surface area contributed by atoms with Crippen LogP contribution in [0, 0.1) is 5.82 Å². The standard InChI is InChI=1S/C12H9FN2O2/c13-11-7-14-6-5-10(11)12(17)15-8-1-3-9(16)4-2-8/h1-7,16H,(H,15,17). The molecule has 1 amide bonds. The minimum absolute atomic E-state index is 0.0759. The second-order valence-electron chi connectivity index (χ2n) is 3.36. The molecule has 4 nitrogen and oxygen atoms in total. The summed E-state index contributed by atoms with van der Waals surface area (Å²) in [4.78, 5) is 15.2. The molecule has 0 atom stereocenters. The molecular formula is C12H9FN2O2. The van der Waals surface area contributed by atoms with Gasteiger partial charge < -0.3 is 10.4 Å². The Labute approximate surface area is 96.7 Å². The lowest BCUT2D eigenvalue weighted by molar-refractivity contribution is 0.102. The van der Waals surface area contributed by atoms with Crippen LogP contribution in [0.3, 0.4) is 0 Å². The molecule has 1 heterocycles. The molecule has 5 heteroatoms. The number of halogens is 1. The molecule has 0 aliphatic heterocycles. The number of pyridine rings is 1. The van der Waals surface area contributed by atoms with Gasteiger partial charge in [0.1, 0.15) is 5.75 Å². The first-order chi connectivity index (χ1) is 8.16. The summed E-state index contributed by atoms with van der Waals surface area (Å²) in [6.07, 6.45) is 2.32. The van der Waals surface area contributed by atoms with Crippen LogP contribution in [-0.4, -0.2) is 16.0 Å². The van der Waals surface area contributed by atoms with Crippen LogP contribution in [0.4, 0.5) is 10.1 Å². The summed E-state index contributed by atoms with van der Waals surface area (Å²) in [6, 6.07) is 7.20. The summed E-state index contributed by atoms with van der Waals surface area (Å²) in [6.45, 7) is 0. The Hall–Kier alpha value is -2.43. The first kappa shape index (κ1) is 11.1. The number of phenolic OH excluding ortho intramolecular Hbond substituents is 1. The number of phenols is 1. The van der Waals surface area contributed by atoms with Crippen molar-refractivity contribution in [3.8, 4) is 5.75 Å². The van der Waals surface area contributed by atoms with Crippen molar-refractivity contribution in [1.82, 2.24) is 4.98 Å². The Morgan fingerprint density at radius 1 is 1.24 bits per heavy atom. The molecule has 0 bridgehead atoms. The molecule has 2 aromatic rings.